The molecule has 0 N–H and O–H groups in total. The Bertz CT molecular complexity index is 423. The molecular formula is C8H7BrO2S. The van der Waals surface area contributed by atoms with E-state index in [-0.39, 0.29) is 11.5 Å². The molecule has 4 heteroatoms. The lowest BCUT2D eigenvalue weighted by atomic mass is 10.1. The van der Waals surface area contributed by atoms with Crippen LogP contribution in [-0.4, -0.2) is 8.42 Å². The molecule has 0 unspecified atom stereocenters. The van der Waals surface area contributed by atoms with Crippen LogP contribution in [0.2, 0.25) is 0 Å². The van der Waals surface area contributed by atoms with Gasteiger partial charge < -0.3 is 0 Å². The molecule has 0 aliphatic carbocycles. The first-order chi connectivity index (χ1) is 5.57. The molecule has 1 aliphatic rings. The zero-order valence-electron chi connectivity index (χ0n) is 6.25. The van der Waals surface area contributed by atoms with Gasteiger partial charge in [-0.2, -0.15) is 0 Å². The minimum absolute atomic E-state index is 0.196. The maximum Gasteiger partial charge on any atom is 0.158 e. The molecule has 2 nitrogen and oxygen atoms in total. The molecule has 0 saturated carbocycles. The summed E-state index contributed by atoms with van der Waals surface area (Å²) in [5.74, 6) is 0.400. The second-order valence-corrected chi connectivity index (χ2v) is 5.93. The summed E-state index contributed by atoms with van der Waals surface area (Å²) in [4.78, 5) is 0. The fourth-order valence-corrected chi connectivity index (χ4v) is 3.40. The molecule has 0 bridgehead atoms. The van der Waals surface area contributed by atoms with E-state index in [0.717, 1.165) is 15.6 Å². The van der Waals surface area contributed by atoms with Crippen molar-refractivity contribution < 1.29 is 8.42 Å². The number of sulfone groups is 1. The van der Waals surface area contributed by atoms with Crippen LogP contribution in [0, 0.1) is 0 Å². The van der Waals surface area contributed by atoms with Crippen LogP contribution in [0.4, 0.5) is 0 Å². The maximum atomic E-state index is 11.2. The Morgan fingerprint density at radius 2 is 1.83 bits per heavy atom. The van der Waals surface area contributed by atoms with Gasteiger partial charge in [0.1, 0.15) is 0 Å². The predicted molar refractivity (Wildman–Crippen MR) is 50.5 cm³/mol. The Balaban J connectivity index is 2.56. The summed E-state index contributed by atoms with van der Waals surface area (Å²) in [5, 5.41) is 0. The average Bonchev–Trinajstić information content (AvgIpc) is 2.21. The van der Waals surface area contributed by atoms with Gasteiger partial charge in [-0.05, 0) is 23.3 Å². The zero-order valence-corrected chi connectivity index (χ0v) is 8.65. The molecule has 0 amide bonds. The molecule has 64 valence electrons. The third-order valence-corrected chi connectivity index (χ3v) is 3.91. The monoisotopic (exact) mass is 246 g/mol. The molecule has 0 radical (unpaired) electrons. The first kappa shape index (κ1) is 8.26. The van der Waals surface area contributed by atoms with Gasteiger partial charge in [0, 0.05) is 4.47 Å². The first-order valence-corrected chi connectivity index (χ1v) is 6.16. The summed E-state index contributed by atoms with van der Waals surface area (Å²) < 4.78 is 23.3. The fraction of sp³-hybridized carbons (Fsp3) is 0.250. The van der Waals surface area contributed by atoms with Crippen molar-refractivity contribution in [3.63, 3.8) is 0 Å². The van der Waals surface area contributed by atoms with Gasteiger partial charge in [0.2, 0.25) is 0 Å². The molecule has 1 heterocycles. The minimum atomic E-state index is -2.84. The Morgan fingerprint density at radius 3 is 2.58 bits per heavy atom. The van der Waals surface area contributed by atoms with Crippen molar-refractivity contribution in [1.29, 1.82) is 0 Å². The normalized spacial score (nSPS) is 19.1. The van der Waals surface area contributed by atoms with Crippen LogP contribution in [0.1, 0.15) is 11.1 Å². The average molecular weight is 247 g/mol. The third kappa shape index (κ3) is 1.41. The van der Waals surface area contributed by atoms with Crippen molar-refractivity contribution in [1.82, 2.24) is 0 Å². The molecule has 0 atom stereocenters. The van der Waals surface area contributed by atoms with E-state index in [2.05, 4.69) is 15.9 Å². The SMILES string of the molecule is O=S1(=O)Cc2ccc(Br)cc2C1. The van der Waals surface area contributed by atoms with Gasteiger partial charge in [0.25, 0.3) is 0 Å². The molecule has 1 aromatic carbocycles. The second kappa shape index (κ2) is 2.57. The van der Waals surface area contributed by atoms with E-state index in [1.807, 2.05) is 18.2 Å². The lowest BCUT2D eigenvalue weighted by Crippen LogP contribution is -1.95. The van der Waals surface area contributed by atoms with Crippen molar-refractivity contribution >= 4 is 25.8 Å². The summed E-state index contributed by atoms with van der Waals surface area (Å²) in [6.07, 6.45) is 0. The van der Waals surface area contributed by atoms with Crippen molar-refractivity contribution in [2.75, 3.05) is 0 Å². The van der Waals surface area contributed by atoms with E-state index in [4.69, 9.17) is 0 Å². The summed E-state index contributed by atoms with van der Waals surface area (Å²) in [7, 11) is -2.84. The van der Waals surface area contributed by atoms with Gasteiger partial charge in [0.05, 0.1) is 11.5 Å². The van der Waals surface area contributed by atoms with Crippen molar-refractivity contribution in [3.05, 3.63) is 33.8 Å². The van der Waals surface area contributed by atoms with Gasteiger partial charge in [-0.25, -0.2) is 8.42 Å². The van der Waals surface area contributed by atoms with Gasteiger partial charge in [-0.1, -0.05) is 22.0 Å². The largest absolute Gasteiger partial charge is 0.228 e. The van der Waals surface area contributed by atoms with Crippen LogP contribution in [0.15, 0.2) is 22.7 Å². The van der Waals surface area contributed by atoms with Crippen molar-refractivity contribution in [3.8, 4) is 0 Å². The zero-order chi connectivity index (χ0) is 8.77. The molecule has 0 saturated heterocycles. The lowest BCUT2D eigenvalue weighted by Gasteiger charge is -1.95. The van der Waals surface area contributed by atoms with Crippen LogP contribution >= 0.6 is 15.9 Å². The highest BCUT2D eigenvalue weighted by Gasteiger charge is 2.23. The Kier molecular flexibility index (Phi) is 1.77. The van der Waals surface area contributed by atoms with Gasteiger partial charge >= 0.3 is 0 Å². The standard InChI is InChI=1S/C8H7BrO2S/c9-8-2-1-6-4-12(10,11)5-7(6)3-8/h1-3H,4-5H2. The quantitative estimate of drug-likeness (QED) is 0.701. The molecule has 0 aromatic heterocycles. The van der Waals surface area contributed by atoms with Crippen LogP contribution in [0.3, 0.4) is 0 Å². The van der Waals surface area contributed by atoms with Gasteiger partial charge in [-0.15, -0.1) is 0 Å². The first-order valence-electron chi connectivity index (χ1n) is 3.54. The molecule has 12 heavy (non-hydrogen) atoms. The second-order valence-electron chi connectivity index (χ2n) is 2.95. The number of fused-ring (bicyclic) bond motifs is 1. The highest BCUT2D eigenvalue weighted by atomic mass is 79.9. The van der Waals surface area contributed by atoms with E-state index in [0.29, 0.717) is 0 Å². The van der Waals surface area contributed by atoms with Crippen LogP contribution in [-0.2, 0) is 21.3 Å². The number of hydrogen-bond donors (Lipinski definition) is 0. The number of rotatable bonds is 0. The molecule has 1 aromatic rings. The van der Waals surface area contributed by atoms with E-state index in [9.17, 15) is 8.42 Å². The molecule has 0 fully saturated rings. The smallest absolute Gasteiger partial charge is 0.158 e. The van der Waals surface area contributed by atoms with E-state index < -0.39 is 9.84 Å². The van der Waals surface area contributed by atoms with E-state index >= 15 is 0 Å². The molecule has 1 aliphatic heterocycles. The van der Waals surface area contributed by atoms with Crippen molar-refractivity contribution in [2.45, 2.75) is 11.5 Å². The number of hydrogen-bond acceptors (Lipinski definition) is 2. The number of halogens is 1. The van der Waals surface area contributed by atoms with Crippen molar-refractivity contribution in [2.24, 2.45) is 0 Å². The fourth-order valence-electron chi connectivity index (χ4n) is 1.39. The van der Waals surface area contributed by atoms with Gasteiger partial charge in [0.15, 0.2) is 9.84 Å². The minimum Gasteiger partial charge on any atom is -0.228 e. The summed E-state index contributed by atoms with van der Waals surface area (Å²) in [6, 6.07) is 5.61. The topological polar surface area (TPSA) is 34.1 Å². The van der Waals surface area contributed by atoms with Gasteiger partial charge in [-0.3, -0.25) is 0 Å². The Labute approximate surface area is 79.6 Å². The summed E-state index contributed by atoms with van der Waals surface area (Å²) >= 11 is 3.31. The van der Waals surface area contributed by atoms with E-state index in [1.54, 1.807) is 0 Å². The van der Waals surface area contributed by atoms with E-state index in [1.165, 1.54) is 0 Å². The van der Waals surface area contributed by atoms with Crippen LogP contribution in [0.5, 0.6) is 0 Å². The highest BCUT2D eigenvalue weighted by molar-refractivity contribution is 9.10. The molecular weight excluding hydrogens is 240 g/mol. The number of benzene rings is 1. The summed E-state index contributed by atoms with van der Waals surface area (Å²) in [6.45, 7) is 0. The maximum absolute atomic E-state index is 11.2. The summed E-state index contributed by atoms with van der Waals surface area (Å²) in [5.41, 5.74) is 1.88. The predicted octanol–water partition coefficient (Wildman–Crippen LogP) is 1.88. The Hall–Kier alpha value is -0.350. The Morgan fingerprint density at radius 1 is 1.17 bits per heavy atom. The lowest BCUT2D eigenvalue weighted by molar-refractivity contribution is 0.598. The third-order valence-electron chi connectivity index (χ3n) is 1.92. The molecule has 2 rings (SSSR count). The van der Waals surface area contributed by atoms with Crippen LogP contribution < -0.4 is 0 Å². The molecule has 0 spiro atoms. The highest BCUT2D eigenvalue weighted by Crippen LogP contribution is 2.27. The van der Waals surface area contributed by atoms with Crippen LogP contribution in [0.25, 0.3) is 0 Å².